The molecule has 4 heteroatoms. The van der Waals surface area contributed by atoms with Gasteiger partial charge in [-0.15, -0.1) is 0 Å². The second-order valence-electron chi connectivity index (χ2n) is 8.16. The summed E-state index contributed by atoms with van der Waals surface area (Å²) in [5.41, 5.74) is 7.64. The zero-order valence-corrected chi connectivity index (χ0v) is 18.3. The number of oxazole rings is 1. The van der Waals surface area contributed by atoms with Gasteiger partial charge in [-0.2, -0.15) is 0 Å². The largest absolute Gasteiger partial charge is 0.436 e. The molecule has 3 aromatic carbocycles. The average molecular weight is 411 g/mol. The second kappa shape index (κ2) is 8.60. The van der Waals surface area contributed by atoms with Gasteiger partial charge in [-0.1, -0.05) is 55.8 Å². The predicted molar refractivity (Wildman–Crippen MR) is 127 cm³/mol. The van der Waals surface area contributed by atoms with E-state index < -0.39 is 0 Å². The first-order chi connectivity index (χ1) is 14.9. The van der Waals surface area contributed by atoms with Crippen molar-refractivity contribution in [2.45, 2.75) is 33.6 Å². The highest BCUT2D eigenvalue weighted by Crippen LogP contribution is 2.28. The number of anilines is 1. The molecule has 0 spiro atoms. The lowest BCUT2D eigenvalue weighted by Gasteiger charge is -2.04. The highest BCUT2D eigenvalue weighted by molar-refractivity contribution is 6.02. The van der Waals surface area contributed by atoms with Gasteiger partial charge < -0.3 is 9.73 Å². The molecule has 0 aliphatic heterocycles. The van der Waals surface area contributed by atoms with E-state index in [-0.39, 0.29) is 5.91 Å². The van der Waals surface area contributed by atoms with Crippen molar-refractivity contribution in [2.24, 2.45) is 0 Å². The summed E-state index contributed by atoms with van der Waals surface area (Å²) in [5.74, 6) is 0.884. The van der Waals surface area contributed by atoms with Crippen LogP contribution >= 0.6 is 0 Å². The molecule has 0 bridgehead atoms. The molecule has 0 aliphatic carbocycles. The normalized spacial score (nSPS) is 11.5. The number of hydrogen-bond donors (Lipinski definition) is 1. The summed E-state index contributed by atoms with van der Waals surface area (Å²) in [4.78, 5) is 17.0. The van der Waals surface area contributed by atoms with E-state index in [9.17, 15) is 4.79 Å². The Morgan fingerprint density at radius 1 is 1.00 bits per heavy atom. The Morgan fingerprint density at radius 3 is 2.48 bits per heavy atom. The zero-order valence-electron chi connectivity index (χ0n) is 18.3. The predicted octanol–water partition coefficient (Wildman–Crippen LogP) is 6.89. The molecule has 4 nitrogen and oxygen atoms in total. The van der Waals surface area contributed by atoms with E-state index in [4.69, 9.17) is 4.42 Å². The number of aryl methyl sites for hydroxylation is 2. The van der Waals surface area contributed by atoms with Gasteiger partial charge in [0, 0.05) is 17.3 Å². The Hall–Kier alpha value is -3.66. The van der Waals surface area contributed by atoms with Gasteiger partial charge in [-0.05, 0) is 66.8 Å². The van der Waals surface area contributed by atoms with Gasteiger partial charge in [-0.25, -0.2) is 4.98 Å². The van der Waals surface area contributed by atoms with Crippen molar-refractivity contribution in [3.05, 3.63) is 89.0 Å². The van der Waals surface area contributed by atoms with Crippen LogP contribution in [0.15, 0.2) is 71.2 Å². The number of nitrogens with one attached hydrogen (secondary N) is 1. The molecule has 0 fully saturated rings. The molecule has 156 valence electrons. The lowest BCUT2D eigenvalue weighted by molar-refractivity contribution is -0.111. The lowest BCUT2D eigenvalue weighted by Crippen LogP contribution is -2.07. The van der Waals surface area contributed by atoms with Crippen LogP contribution in [0, 0.1) is 13.8 Å². The van der Waals surface area contributed by atoms with E-state index >= 15 is 0 Å². The van der Waals surface area contributed by atoms with E-state index in [1.165, 1.54) is 11.1 Å². The van der Waals surface area contributed by atoms with Crippen molar-refractivity contribution < 1.29 is 9.21 Å². The van der Waals surface area contributed by atoms with Crippen molar-refractivity contribution in [3.8, 4) is 11.5 Å². The number of aromatic nitrogens is 1. The van der Waals surface area contributed by atoms with E-state index in [0.717, 1.165) is 16.7 Å². The second-order valence-corrected chi connectivity index (χ2v) is 8.16. The van der Waals surface area contributed by atoms with E-state index in [1.807, 2.05) is 55.5 Å². The van der Waals surface area contributed by atoms with Crippen LogP contribution in [-0.2, 0) is 4.79 Å². The SMILES string of the molecule is Cc1ccc(-c2nc3cc(NC(=O)/C=C/c4ccc(C(C)C)cc4)ccc3o2)c(C)c1. The van der Waals surface area contributed by atoms with Crippen molar-refractivity contribution in [1.82, 2.24) is 4.98 Å². The third-order valence-electron chi connectivity index (χ3n) is 5.30. The molecule has 1 N–H and O–H groups in total. The number of hydrogen-bond acceptors (Lipinski definition) is 3. The number of carbonyl (C=O) groups is 1. The quantitative estimate of drug-likeness (QED) is 0.365. The minimum atomic E-state index is -0.189. The molecular formula is C27H26N2O2. The Bertz CT molecular complexity index is 1260. The highest BCUT2D eigenvalue weighted by atomic mass is 16.3. The van der Waals surface area contributed by atoms with Gasteiger partial charge in [0.2, 0.25) is 11.8 Å². The Balaban J connectivity index is 1.48. The van der Waals surface area contributed by atoms with Crippen molar-refractivity contribution in [1.29, 1.82) is 0 Å². The van der Waals surface area contributed by atoms with E-state index in [2.05, 4.69) is 49.3 Å². The van der Waals surface area contributed by atoms with Gasteiger partial charge in [0.1, 0.15) is 5.52 Å². The molecule has 4 rings (SSSR count). The van der Waals surface area contributed by atoms with Gasteiger partial charge in [0.05, 0.1) is 0 Å². The number of fused-ring (bicyclic) bond motifs is 1. The van der Waals surface area contributed by atoms with Crippen LogP contribution < -0.4 is 5.32 Å². The molecule has 1 aromatic heterocycles. The van der Waals surface area contributed by atoms with Crippen LogP contribution in [0.1, 0.15) is 42.0 Å². The minimum absolute atomic E-state index is 0.189. The zero-order chi connectivity index (χ0) is 22.0. The van der Waals surface area contributed by atoms with E-state index in [0.29, 0.717) is 28.6 Å². The summed E-state index contributed by atoms with van der Waals surface area (Å²) in [6.07, 6.45) is 3.35. The fourth-order valence-corrected chi connectivity index (χ4v) is 3.52. The molecule has 0 aliphatic rings. The molecule has 1 heterocycles. The number of rotatable bonds is 5. The summed E-state index contributed by atoms with van der Waals surface area (Å²) in [5, 5.41) is 2.89. The molecule has 0 atom stereocenters. The third kappa shape index (κ3) is 4.75. The molecule has 0 unspecified atom stereocenters. The number of carbonyl (C=O) groups excluding carboxylic acids is 1. The topological polar surface area (TPSA) is 55.1 Å². The number of nitrogens with zero attached hydrogens (tertiary/aromatic N) is 1. The average Bonchev–Trinajstić information content (AvgIpc) is 3.15. The van der Waals surface area contributed by atoms with Gasteiger partial charge in [0.15, 0.2) is 5.58 Å². The summed E-state index contributed by atoms with van der Waals surface area (Å²) in [7, 11) is 0. The number of benzene rings is 3. The first-order valence-electron chi connectivity index (χ1n) is 10.5. The van der Waals surface area contributed by atoms with Crippen molar-refractivity contribution in [2.75, 3.05) is 5.32 Å². The van der Waals surface area contributed by atoms with Crippen LogP contribution in [0.5, 0.6) is 0 Å². The van der Waals surface area contributed by atoms with Gasteiger partial charge in [-0.3, -0.25) is 4.79 Å². The van der Waals surface area contributed by atoms with Crippen molar-refractivity contribution >= 4 is 28.8 Å². The molecule has 1 amide bonds. The smallest absolute Gasteiger partial charge is 0.248 e. The summed E-state index contributed by atoms with van der Waals surface area (Å²) in [6, 6.07) is 19.9. The maximum atomic E-state index is 12.4. The number of amides is 1. The van der Waals surface area contributed by atoms with Crippen LogP contribution in [0.2, 0.25) is 0 Å². The lowest BCUT2D eigenvalue weighted by atomic mass is 10.0. The molecule has 0 saturated heterocycles. The molecule has 0 saturated carbocycles. The van der Waals surface area contributed by atoms with Crippen LogP contribution in [0.4, 0.5) is 5.69 Å². The Morgan fingerprint density at radius 2 is 1.77 bits per heavy atom. The summed E-state index contributed by atoms with van der Waals surface area (Å²) < 4.78 is 5.93. The summed E-state index contributed by atoms with van der Waals surface area (Å²) >= 11 is 0. The molecular weight excluding hydrogens is 384 g/mol. The monoisotopic (exact) mass is 410 g/mol. The standard InChI is InChI=1S/C27H26N2O2/c1-17(2)21-9-6-20(7-10-21)8-14-26(30)28-22-11-13-25-24(16-22)29-27(31-25)23-12-5-18(3)15-19(23)4/h5-17H,1-4H3,(H,28,30)/b14-8+. The maximum Gasteiger partial charge on any atom is 0.248 e. The first kappa shape index (κ1) is 20.6. The highest BCUT2D eigenvalue weighted by Gasteiger charge is 2.11. The van der Waals surface area contributed by atoms with Gasteiger partial charge in [0.25, 0.3) is 0 Å². The fourth-order valence-electron chi connectivity index (χ4n) is 3.52. The minimum Gasteiger partial charge on any atom is -0.436 e. The van der Waals surface area contributed by atoms with Crippen molar-refractivity contribution in [3.63, 3.8) is 0 Å². The molecule has 31 heavy (non-hydrogen) atoms. The third-order valence-corrected chi connectivity index (χ3v) is 5.30. The maximum absolute atomic E-state index is 12.4. The Kier molecular flexibility index (Phi) is 5.72. The van der Waals surface area contributed by atoms with Gasteiger partial charge >= 0.3 is 0 Å². The van der Waals surface area contributed by atoms with Crippen LogP contribution in [0.25, 0.3) is 28.6 Å². The fraction of sp³-hybridized carbons (Fsp3) is 0.185. The van der Waals surface area contributed by atoms with Crippen LogP contribution in [-0.4, -0.2) is 10.9 Å². The van der Waals surface area contributed by atoms with Crippen LogP contribution in [0.3, 0.4) is 0 Å². The summed E-state index contributed by atoms with van der Waals surface area (Å²) in [6.45, 7) is 8.43. The first-order valence-corrected chi connectivity index (χ1v) is 10.5. The molecule has 0 radical (unpaired) electrons. The Labute approximate surface area is 182 Å². The van der Waals surface area contributed by atoms with E-state index in [1.54, 1.807) is 6.08 Å². The molecule has 4 aromatic rings.